The highest BCUT2D eigenvalue weighted by molar-refractivity contribution is 9.10. The second kappa shape index (κ2) is 5.25. The summed E-state index contributed by atoms with van der Waals surface area (Å²) in [6.07, 6.45) is 1.67. The smallest absolute Gasteiger partial charge is 0.233 e. The van der Waals surface area contributed by atoms with Crippen molar-refractivity contribution in [3.63, 3.8) is 0 Å². The summed E-state index contributed by atoms with van der Waals surface area (Å²) in [5, 5.41) is 0.831. The molecule has 2 rings (SSSR count). The van der Waals surface area contributed by atoms with E-state index in [0.717, 1.165) is 10.0 Å². The summed E-state index contributed by atoms with van der Waals surface area (Å²) in [5.41, 5.74) is 1.04. The molecule has 17 heavy (non-hydrogen) atoms. The fourth-order valence-electron chi connectivity index (χ4n) is 1.25. The largest absolute Gasteiger partial charge is 0.436 e. The van der Waals surface area contributed by atoms with Crippen molar-refractivity contribution in [2.75, 3.05) is 0 Å². The van der Waals surface area contributed by atoms with Crippen LogP contribution in [-0.2, 0) is 0 Å². The van der Waals surface area contributed by atoms with E-state index < -0.39 is 0 Å². The number of rotatable bonds is 2. The van der Waals surface area contributed by atoms with Gasteiger partial charge in [-0.15, -0.1) is 0 Å². The third-order valence-corrected chi connectivity index (χ3v) is 3.94. The van der Waals surface area contributed by atoms with Crippen LogP contribution in [0, 0.1) is 6.92 Å². The second-order valence-electron chi connectivity index (χ2n) is 3.40. The average molecular weight is 333 g/mol. The number of benzene rings is 1. The van der Waals surface area contributed by atoms with Crippen LogP contribution in [0.5, 0.6) is 11.6 Å². The molecule has 0 atom stereocenters. The van der Waals surface area contributed by atoms with Gasteiger partial charge < -0.3 is 4.74 Å². The third kappa shape index (κ3) is 2.73. The van der Waals surface area contributed by atoms with Gasteiger partial charge in [0.25, 0.3) is 0 Å². The number of pyridine rings is 1. The van der Waals surface area contributed by atoms with Crippen LogP contribution >= 0.6 is 39.1 Å². The first kappa shape index (κ1) is 12.7. The summed E-state index contributed by atoms with van der Waals surface area (Å²) in [7, 11) is 0. The Morgan fingerprint density at radius 3 is 2.76 bits per heavy atom. The minimum absolute atomic E-state index is 0.379. The first-order chi connectivity index (χ1) is 8.09. The minimum Gasteiger partial charge on any atom is -0.436 e. The zero-order valence-corrected chi connectivity index (χ0v) is 12.0. The predicted molar refractivity (Wildman–Crippen MR) is 73.2 cm³/mol. The molecular formula is C12H8BrCl2NO. The fraction of sp³-hybridized carbons (Fsp3) is 0.0833. The monoisotopic (exact) mass is 331 g/mol. The molecule has 0 N–H and O–H groups in total. The van der Waals surface area contributed by atoms with E-state index >= 15 is 0 Å². The molecule has 1 aromatic heterocycles. The number of aromatic nitrogens is 1. The molecule has 5 heteroatoms. The van der Waals surface area contributed by atoms with Crippen LogP contribution in [0.1, 0.15) is 5.56 Å². The first-order valence-corrected chi connectivity index (χ1v) is 6.37. The maximum absolute atomic E-state index is 6.04. The molecule has 0 spiro atoms. The molecule has 0 aliphatic carbocycles. The highest BCUT2D eigenvalue weighted by Gasteiger charge is 2.10. The molecule has 0 radical (unpaired) electrons. The van der Waals surface area contributed by atoms with Crippen LogP contribution < -0.4 is 4.74 Å². The van der Waals surface area contributed by atoms with Crippen LogP contribution in [-0.4, -0.2) is 4.98 Å². The molecule has 1 aromatic carbocycles. The van der Waals surface area contributed by atoms with Gasteiger partial charge in [-0.2, -0.15) is 0 Å². The third-order valence-electron chi connectivity index (χ3n) is 2.17. The van der Waals surface area contributed by atoms with Crippen LogP contribution in [0.15, 0.2) is 34.9 Å². The predicted octanol–water partition coefficient (Wildman–Crippen LogP) is 5.25. The summed E-state index contributed by atoms with van der Waals surface area (Å²) < 4.78 is 6.43. The Hall–Kier alpha value is -0.770. The molecule has 0 saturated carbocycles. The molecule has 0 unspecified atom stereocenters. The van der Waals surface area contributed by atoms with E-state index in [2.05, 4.69) is 20.9 Å². The molecule has 0 aliphatic rings. The molecule has 88 valence electrons. The van der Waals surface area contributed by atoms with E-state index in [0.29, 0.717) is 21.7 Å². The van der Waals surface area contributed by atoms with E-state index in [-0.39, 0.29) is 0 Å². The SMILES string of the molecule is Cc1ccnc(Oc2cccc(Cl)c2Cl)c1Br. The molecule has 2 nitrogen and oxygen atoms in total. The number of nitrogens with zero attached hydrogens (tertiary/aromatic N) is 1. The molecule has 0 aliphatic heterocycles. The van der Waals surface area contributed by atoms with Gasteiger partial charge in [0.2, 0.25) is 5.88 Å². The quantitative estimate of drug-likeness (QED) is 0.749. The lowest BCUT2D eigenvalue weighted by Crippen LogP contribution is -1.91. The zero-order chi connectivity index (χ0) is 12.4. The first-order valence-electron chi connectivity index (χ1n) is 4.82. The topological polar surface area (TPSA) is 22.1 Å². The van der Waals surface area contributed by atoms with Gasteiger partial charge in [0, 0.05) is 6.20 Å². The zero-order valence-electron chi connectivity index (χ0n) is 8.88. The highest BCUT2D eigenvalue weighted by Crippen LogP contribution is 2.36. The van der Waals surface area contributed by atoms with Crippen molar-refractivity contribution in [3.05, 3.63) is 50.5 Å². The van der Waals surface area contributed by atoms with E-state index in [4.69, 9.17) is 27.9 Å². The maximum Gasteiger partial charge on any atom is 0.233 e. The Morgan fingerprint density at radius 1 is 1.24 bits per heavy atom. The molecular weight excluding hydrogens is 325 g/mol. The van der Waals surface area contributed by atoms with Gasteiger partial charge in [-0.05, 0) is 46.6 Å². The minimum atomic E-state index is 0.379. The number of hydrogen-bond acceptors (Lipinski definition) is 2. The fourth-order valence-corrected chi connectivity index (χ4v) is 1.90. The highest BCUT2D eigenvalue weighted by atomic mass is 79.9. The van der Waals surface area contributed by atoms with Gasteiger partial charge in [-0.1, -0.05) is 29.3 Å². The molecule has 0 saturated heterocycles. The molecule has 0 bridgehead atoms. The van der Waals surface area contributed by atoms with Gasteiger partial charge in [0.15, 0.2) is 0 Å². The van der Waals surface area contributed by atoms with E-state index in [1.54, 1.807) is 24.4 Å². The van der Waals surface area contributed by atoms with Crippen LogP contribution in [0.4, 0.5) is 0 Å². The number of ether oxygens (including phenoxy) is 1. The van der Waals surface area contributed by atoms with Gasteiger partial charge >= 0.3 is 0 Å². The van der Waals surface area contributed by atoms with Crippen molar-refractivity contribution in [2.45, 2.75) is 6.92 Å². The van der Waals surface area contributed by atoms with Crippen LogP contribution in [0.3, 0.4) is 0 Å². The van der Waals surface area contributed by atoms with Crippen LogP contribution in [0.25, 0.3) is 0 Å². The van der Waals surface area contributed by atoms with Gasteiger partial charge in [0.05, 0.1) is 9.50 Å². The lowest BCUT2D eigenvalue weighted by Gasteiger charge is -2.09. The van der Waals surface area contributed by atoms with Crippen LogP contribution in [0.2, 0.25) is 10.0 Å². The van der Waals surface area contributed by atoms with Crippen molar-refractivity contribution < 1.29 is 4.74 Å². The van der Waals surface area contributed by atoms with Gasteiger partial charge in [0.1, 0.15) is 10.8 Å². The van der Waals surface area contributed by atoms with E-state index in [9.17, 15) is 0 Å². The number of aryl methyl sites for hydroxylation is 1. The number of hydrogen-bond donors (Lipinski definition) is 0. The summed E-state index contributed by atoms with van der Waals surface area (Å²) in [4.78, 5) is 4.13. The molecule has 1 heterocycles. The van der Waals surface area contributed by atoms with Crippen molar-refractivity contribution >= 4 is 39.1 Å². The van der Waals surface area contributed by atoms with Gasteiger partial charge in [-0.25, -0.2) is 4.98 Å². The second-order valence-corrected chi connectivity index (χ2v) is 4.98. The van der Waals surface area contributed by atoms with Gasteiger partial charge in [-0.3, -0.25) is 0 Å². The summed E-state index contributed by atoms with van der Waals surface area (Å²) >= 11 is 15.4. The number of halogens is 3. The summed E-state index contributed by atoms with van der Waals surface area (Å²) in [6, 6.07) is 7.10. The Labute approximate surface area is 118 Å². The average Bonchev–Trinajstić information content (AvgIpc) is 2.31. The Morgan fingerprint density at radius 2 is 2.00 bits per heavy atom. The van der Waals surface area contributed by atoms with Crippen molar-refractivity contribution in [1.29, 1.82) is 0 Å². The summed E-state index contributed by atoms with van der Waals surface area (Å²) in [6.45, 7) is 1.96. The molecule has 2 aromatic rings. The Bertz CT molecular complexity index is 511. The molecule has 0 fully saturated rings. The Balaban J connectivity index is 2.38. The lowest BCUT2D eigenvalue weighted by molar-refractivity contribution is 0.459. The Kier molecular flexibility index (Phi) is 3.92. The lowest BCUT2D eigenvalue weighted by atomic mass is 10.3. The molecule has 0 amide bonds. The van der Waals surface area contributed by atoms with Crippen molar-refractivity contribution in [2.24, 2.45) is 0 Å². The summed E-state index contributed by atoms with van der Waals surface area (Å²) in [5.74, 6) is 0.951. The van der Waals surface area contributed by atoms with Crippen molar-refractivity contribution in [3.8, 4) is 11.6 Å². The van der Waals surface area contributed by atoms with Crippen molar-refractivity contribution in [1.82, 2.24) is 4.98 Å². The maximum atomic E-state index is 6.04. The standard InChI is InChI=1S/C12H8BrCl2NO/c1-7-5-6-16-12(10(7)13)17-9-4-2-3-8(14)11(9)15/h2-6H,1H3. The van der Waals surface area contributed by atoms with E-state index in [1.807, 2.05) is 13.0 Å². The normalized spacial score (nSPS) is 10.4. The van der Waals surface area contributed by atoms with E-state index in [1.165, 1.54) is 0 Å².